The molecule has 0 unspecified atom stereocenters. The smallest absolute Gasteiger partial charge is 0.254 e. The Morgan fingerprint density at radius 2 is 1.93 bits per heavy atom. The maximum absolute atomic E-state index is 12.6. The third kappa shape index (κ3) is 5.11. The highest BCUT2D eigenvalue weighted by Crippen LogP contribution is 2.22. The summed E-state index contributed by atoms with van der Waals surface area (Å²) < 4.78 is 33.2. The zero-order chi connectivity index (χ0) is 20.0. The number of hydrogen-bond donors (Lipinski definition) is 1. The molecule has 28 heavy (non-hydrogen) atoms. The molecule has 7 nitrogen and oxygen atoms in total. The van der Waals surface area contributed by atoms with Gasteiger partial charge in [-0.25, -0.2) is 13.1 Å². The van der Waals surface area contributed by atoms with Gasteiger partial charge in [0.2, 0.25) is 10.0 Å². The molecule has 1 aliphatic heterocycles. The molecule has 1 amide bonds. The quantitative estimate of drug-likeness (QED) is 0.701. The first-order valence-corrected chi connectivity index (χ1v) is 11.7. The molecule has 0 atom stereocenters. The lowest BCUT2D eigenvalue weighted by atomic mass is 10.2. The van der Waals surface area contributed by atoms with Crippen molar-refractivity contribution in [3.05, 3.63) is 46.7 Å². The van der Waals surface area contributed by atoms with Crippen LogP contribution in [0.25, 0.3) is 0 Å². The van der Waals surface area contributed by atoms with Gasteiger partial charge in [-0.1, -0.05) is 12.1 Å². The molecule has 2 heterocycles. The lowest BCUT2D eigenvalue weighted by Gasteiger charge is -2.34. The highest BCUT2D eigenvalue weighted by atomic mass is 32.2. The summed E-state index contributed by atoms with van der Waals surface area (Å²) in [7, 11) is -3.63. The minimum absolute atomic E-state index is 0.0640. The lowest BCUT2D eigenvalue weighted by Crippen LogP contribution is -2.50. The van der Waals surface area contributed by atoms with Crippen molar-refractivity contribution < 1.29 is 17.9 Å². The van der Waals surface area contributed by atoms with Crippen LogP contribution in [0, 0.1) is 0 Å². The van der Waals surface area contributed by atoms with Gasteiger partial charge in [0, 0.05) is 44.6 Å². The predicted molar refractivity (Wildman–Crippen MR) is 109 cm³/mol. The van der Waals surface area contributed by atoms with Crippen molar-refractivity contribution in [2.45, 2.75) is 11.8 Å². The SMILES string of the molecule is CCOc1ccccc1S(=O)(=O)NCCN1CCN(C(=O)c2ccsc2)CC1. The summed E-state index contributed by atoms with van der Waals surface area (Å²) in [5.74, 6) is 0.423. The first kappa shape index (κ1) is 20.8. The number of para-hydroxylation sites is 1. The van der Waals surface area contributed by atoms with E-state index in [2.05, 4.69) is 9.62 Å². The van der Waals surface area contributed by atoms with Gasteiger partial charge in [0.05, 0.1) is 12.2 Å². The van der Waals surface area contributed by atoms with Crippen LogP contribution < -0.4 is 9.46 Å². The molecule has 1 saturated heterocycles. The van der Waals surface area contributed by atoms with Crippen molar-refractivity contribution >= 4 is 27.3 Å². The van der Waals surface area contributed by atoms with E-state index in [-0.39, 0.29) is 10.8 Å². The minimum Gasteiger partial charge on any atom is -0.492 e. The average Bonchev–Trinajstić information content (AvgIpc) is 3.23. The number of sulfonamides is 1. The van der Waals surface area contributed by atoms with E-state index in [1.54, 1.807) is 24.3 Å². The molecule has 152 valence electrons. The zero-order valence-corrected chi connectivity index (χ0v) is 17.5. The van der Waals surface area contributed by atoms with E-state index in [1.807, 2.05) is 28.7 Å². The van der Waals surface area contributed by atoms with Crippen molar-refractivity contribution in [3.8, 4) is 5.75 Å². The van der Waals surface area contributed by atoms with Gasteiger partial charge < -0.3 is 9.64 Å². The number of nitrogens with zero attached hydrogens (tertiary/aromatic N) is 2. The van der Waals surface area contributed by atoms with Crippen molar-refractivity contribution in [1.82, 2.24) is 14.5 Å². The highest BCUT2D eigenvalue weighted by molar-refractivity contribution is 7.89. The van der Waals surface area contributed by atoms with Crippen LogP contribution in [0.5, 0.6) is 5.75 Å². The summed E-state index contributed by atoms with van der Waals surface area (Å²) in [5, 5.41) is 3.77. The second-order valence-electron chi connectivity index (χ2n) is 6.42. The molecule has 1 aromatic heterocycles. The molecule has 1 aromatic carbocycles. The minimum atomic E-state index is -3.63. The van der Waals surface area contributed by atoms with Crippen LogP contribution in [-0.4, -0.2) is 70.0 Å². The molecular weight excluding hydrogens is 398 g/mol. The monoisotopic (exact) mass is 423 g/mol. The van der Waals surface area contributed by atoms with E-state index in [1.165, 1.54) is 11.3 Å². The van der Waals surface area contributed by atoms with Crippen LogP contribution >= 0.6 is 11.3 Å². The van der Waals surface area contributed by atoms with Crippen molar-refractivity contribution in [2.24, 2.45) is 0 Å². The van der Waals surface area contributed by atoms with Gasteiger partial charge in [0.1, 0.15) is 10.6 Å². The maximum Gasteiger partial charge on any atom is 0.254 e. The van der Waals surface area contributed by atoms with E-state index in [0.717, 1.165) is 18.7 Å². The van der Waals surface area contributed by atoms with Gasteiger partial charge in [0.15, 0.2) is 0 Å². The van der Waals surface area contributed by atoms with E-state index in [9.17, 15) is 13.2 Å². The average molecular weight is 424 g/mol. The number of piperazine rings is 1. The third-order valence-corrected chi connectivity index (χ3v) is 6.77. The Labute approximate surface area is 170 Å². The molecular formula is C19H25N3O4S2. The number of rotatable bonds is 8. The van der Waals surface area contributed by atoms with Crippen LogP contribution in [0.2, 0.25) is 0 Å². The van der Waals surface area contributed by atoms with Crippen LogP contribution in [0.3, 0.4) is 0 Å². The Kier molecular flexibility index (Phi) is 7.06. The standard InChI is InChI=1S/C19H25N3O4S2/c1-2-26-17-5-3-4-6-18(17)28(24,25)20-8-9-21-10-12-22(13-11-21)19(23)16-7-14-27-15-16/h3-7,14-15,20H,2,8-13H2,1H3. The number of thiophene rings is 1. The number of benzene rings is 1. The second kappa shape index (κ2) is 9.51. The zero-order valence-electron chi connectivity index (χ0n) is 15.8. The van der Waals surface area contributed by atoms with Crippen LogP contribution in [-0.2, 0) is 10.0 Å². The highest BCUT2D eigenvalue weighted by Gasteiger charge is 2.23. The molecule has 1 N–H and O–H groups in total. The first-order valence-electron chi connectivity index (χ1n) is 9.26. The summed E-state index contributed by atoms with van der Waals surface area (Å²) in [6, 6.07) is 8.47. The van der Waals surface area contributed by atoms with Crippen LogP contribution in [0.4, 0.5) is 0 Å². The Morgan fingerprint density at radius 3 is 2.61 bits per heavy atom. The molecule has 1 fully saturated rings. The molecule has 3 rings (SSSR count). The van der Waals surface area contributed by atoms with Crippen molar-refractivity contribution in [2.75, 3.05) is 45.9 Å². The number of nitrogens with one attached hydrogen (secondary N) is 1. The number of ether oxygens (including phenoxy) is 1. The number of hydrogen-bond acceptors (Lipinski definition) is 6. The molecule has 0 saturated carbocycles. The number of carbonyl (C=O) groups excluding carboxylic acids is 1. The summed E-state index contributed by atoms with van der Waals surface area (Å²) in [6.45, 7) is 5.88. The second-order valence-corrected chi connectivity index (χ2v) is 8.94. The maximum atomic E-state index is 12.6. The fraction of sp³-hybridized carbons (Fsp3) is 0.421. The van der Waals surface area contributed by atoms with Gasteiger partial charge in [-0.3, -0.25) is 9.69 Å². The number of amides is 1. The predicted octanol–water partition coefficient (Wildman–Crippen LogP) is 1.88. The molecule has 1 aliphatic rings. The van der Waals surface area contributed by atoms with Gasteiger partial charge in [-0.2, -0.15) is 11.3 Å². The first-order chi connectivity index (χ1) is 13.5. The molecule has 0 spiro atoms. The molecule has 0 aliphatic carbocycles. The van der Waals surface area contributed by atoms with Crippen molar-refractivity contribution in [1.29, 1.82) is 0 Å². The topological polar surface area (TPSA) is 79.0 Å². The summed E-state index contributed by atoms with van der Waals surface area (Å²) >= 11 is 1.52. The molecule has 0 radical (unpaired) electrons. The van der Waals surface area contributed by atoms with E-state index in [4.69, 9.17) is 4.74 Å². The third-order valence-electron chi connectivity index (χ3n) is 4.59. The Bertz CT molecular complexity index is 876. The van der Waals surface area contributed by atoms with Crippen molar-refractivity contribution in [3.63, 3.8) is 0 Å². The molecule has 2 aromatic rings. The van der Waals surface area contributed by atoms with Gasteiger partial charge >= 0.3 is 0 Å². The molecule has 0 bridgehead atoms. The Morgan fingerprint density at radius 1 is 1.18 bits per heavy atom. The van der Waals surface area contributed by atoms with Crippen LogP contribution in [0.1, 0.15) is 17.3 Å². The lowest BCUT2D eigenvalue weighted by molar-refractivity contribution is 0.0640. The summed E-state index contributed by atoms with van der Waals surface area (Å²) in [6.07, 6.45) is 0. The van der Waals surface area contributed by atoms with Gasteiger partial charge in [0.25, 0.3) is 5.91 Å². The summed E-state index contributed by atoms with van der Waals surface area (Å²) in [4.78, 5) is 16.5. The van der Waals surface area contributed by atoms with E-state index in [0.29, 0.717) is 38.5 Å². The van der Waals surface area contributed by atoms with Gasteiger partial charge in [-0.05, 0) is 30.5 Å². The normalized spacial score (nSPS) is 15.5. The summed E-state index contributed by atoms with van der Waals surface area (Å²) in [5.41, 5.74) is 0.735. The fourth-order valence-electron chi connectivity index (χ4n) is 3.11. The Hall–Kier alpha value is -1.94. The van der Waals surface area contributed by atoms with Crippen LogP contribution in [0.15, 0.2) is 46.0 Å². The Balaban J connectivity index is 1.48. The van der Waals surface area contributed by atoms with E-state index < -0.39 is 10.0 Å². The van der Waals surface area contributed by atoms with E-state index >= 15 is 0 Å². The molecule has 9 heteroatoms. The van der Waals surface area contributed by atoms with Gasteiger partial charge in [-0.15, -0.1) is 0 Å². The largest absolute Gasteiger partial charge is 0.492 e. The fourth-order valence-corrected chi connectivity index (χ4v) is 4.90. The number of carbonyl (C=O) groups is 1.